The van der Waals surface area contributed by atoms with Gasteiger partial charge in [-0.25, -0.2) is 4.90 Å². The first kappa shape index (κ1) is 19.1. The van der Waals surface area contributed by atoms with Gasteiger partial charge in [-0.2, -0.15) is 0 Å². The van der Waals surface area contributed by atoms with Crippen molar-refractivity contribution in [1.29, 1.82) is 0 Å². The summed E-state index contributed by atoms with van der Waals surface area (Å²) in [7, 11) is 0. The maximum Gasteiger partial charge on any atom is 0.257 e. The number of anilines is 1. The first-order valence-electron chi connectivity index (χ1n) is 9.42. The summed E-state index contributed by atoms with van der Waals surface area (Å²) in [6.45, 7) is 2.36. The fraction of sp³-hybridized carbons (Fsp3) is 0.318. The van der Waals surface area contributed by atoms with Gasteiger partial charge in [0, 0.05) is 16.0 Å². The second kappa shape index (κ2) is 7.66. The molecule has 2 fully saturated rings. The van der Waals surface area contributed by atoms with Crippen LogP contribution in [0.15, 0.2) is 48.5 Å². The maximum absolute atomic E-state index is 13.1. The van der Waals surface area contributed by atoms with Crippen molar-refractivity contribution < 1.29 is 14.4 Å². The summed E-state index contributed by atoms with van der Waals surface area (Å²) in [5.41, 5.74) is 2.67. The Labute approximate surface area is 177 Å². The Morgan fingerprint density at radius 2 is 1.71 bits per heavy atom. The third kappa shape index (κ3) is 3.83. The van der Waals surface area contributed by atoms with Gasteiger partial charge in [0.1, 0.15) is 6.04 Å². The lowest BCUT2D eigenvalue weighted by Crippen LogP contribution is -2.45. The molecule has 1 aliphatic heterocycles. The summed E-state index contributed by atoms with van der Waals surface area (Å²) in [4.78, 5) is 41.6. The van der Waals surface area contributed by atoms with Crippen LogP contribution in [0.3, 0.4) is 0 Å². The van der Waals surface area contributed by atoms with Gasteiger partial charge in [-0.05, 0) is 72.2 Å². The highest BCUT2D eigenvalue weighted by molar-refractivity contribution is 14.1. The Hall–Kier alpha value is -2.22. The average molecular weight is 488 g/mol. The molecular weight excluding hydrogens is 467 g/mol. The van der Waals surface area contributed by atoms with E-state index in [2.05, 4.69) is 22.6 Å². The molecule has 0 radical (unpaired) electrons. The third-order valence-electron chi connectivity index (χ3n) is 5.27. The molecule has 1 saturated heterocycles. The zero-order valence-electron chi connectivity index (χ0n) is 15.6. The lowest BCUT2D eigenvalue weighted by atomic mass is 10.1. The van der Waals surface area contributed by atoms with Gasteiger partial charge in [0.15, 0.2) is 0 Å². The van der Waals surface area contributed by atoms with Gasteiger partial charge in [-0.1, -0.05) is 29.8 Å². The quantitative estimate of drug-likeness (QED) is 0.477. The van der Waals surface area contributed by atoms with Gasteiger partial charge in [0.2, 0.25) is 11.8 Å². The molecule has 6 heteroatoms. The van der Waals surface area contributed by atoms with E-state index in [0.29, 0.717) is 12.2 Å². The molecule has 0 bridgehead atoms. The van der Waals surface area contributed by atoms with Crippen molar-refractivity contribution in [3.05, 3.63) is 63.2 Å². The van der Waals surface area contributed by atoms with Crippen LogP contribution in [-0.4, -0.2) is 28.7 Å². The van der Waals surface area contributed by atoms with Gasteiger partial charge in [0.05, 0.1) is 12.1 Å². The van der Waals surface area contributed by atoms with E-state index >= 15 is 0 Å². The molecular formula is C22H21IN2O3. The van der Waals surface area contributed by atoms with Crippen LogP contribution in [0.5, 0.6) is 0 Å². The number of amides is 3. The van der Waals surface area contributed by atoms with E-state index in [1.54, 1.807) is 17.0 Å². The Kier molecular flexibility index (Phi) is 5.23. The van der Waals surface area contributed by atoms with E-state index in [1.165, 1.54) is 4.90 Å². The molecule has 0 aromatic heterocycles. The van der Waals surface area contributed by atoms with Crippen LogP contribution in [-0.2, 0) is 20.9 Å². The minimum absolute atomic E-state index is 0.0132. The van der Waals surface area contributed by atoms with Crippen molar-refractivity contribution in [3.8, 4) is 0 Å². The number of imide groups is 1. The van der Waals surface area contributed by atoms with E-state index in [-0.39, 0.29) is 30.1 Å². The lowest BCUT2D eigenvalue weighted by molar-refractivity contribution is -0.140. The van der Waals surface area contributed by atoms with E-state index in [4.69, 9.17) is 0 Å². The van der Waals surface area contributed by atoms with Gasteiger partial charge in [-0.3, -0.25) is 14.4 Å². The average Bonchev–Trinajstić information content (AvgIpc) is 3.48. The van der Waals surface area contributed by atoms with Crippen LogP contribution < -0.4 is 4.90 Å². The van der Waals surface area contributed by atoms with Gasteiger partial charge >= 0.3 is 0 Å². The Bertz CT molecular complexity index is 920. The van der Waals surface area contributed by atoms with Crippen molar-refractivity contribution >= 4 is 46.0 Å². The van der Waals surface area contributed by atoms with E-state index in [1.807, 2.05) is 43.3 Å². The number of nitrogens with zero attached hydrogens (tertiary/aromatic N) is 2. The molecule has 3 amide bonds. The second-order valence-electron chi connectivity index (χ2n) is 7.49. The monoisotopic (exact) mass is 488 g/mol. The molecule has 5 nitrogen and oxygen atoms in total. The van der Waals surface area contributed by atoms with Crippen molar-refractivity contribution in [3.63, 3.8) is 0 Å². The molecule has 2 aromatic carbocycles. The number of aryl methyl sites for hydroxylation is 1. The number of hydrogen-bond donors (Lipinski definition) is 0. The fourth-order valence-corrected chi connectivity index (χ4v) is 3.88. The smallest absolute Gasteiger partial charge is 0.257 e. The molecule has 0 spiro atoms. The summed E-state index contributed by atoms with van der Waals surface area (Å²) in [5.74, 6) is -0.599. The number of benzene rings is 2. The summed E-state index contributed by atoms with van der Waals surface area (Å²) in [5, 5.41) is 0. The van der Waals surface area contributed by atoms with Gasteiger partial charge < -0.3 is 4.90 Å². The molecule has 1 aliphatic carbocycles. The van der Waals surface area contributed by atoms with Crippen molar-refractivity contribution in [2.24, 2.45) is 5.92 Å². The van der Waals surface area contributed by atoms with E-state index in [9.17, 15) is 14.4 Å². The SMILES string of the molecule is Cc1ccc(CN(C(=O)C2CC2)C2CC(=O)N(c3ccc(I)cc3)C2=O)cc1. The van der Waals surface area contributed by atoms with Gasteiger partial charge in [-0.15, -0.1) is 0 Å². The molecule has 144 valence electrons. The molecule has 4 rings (SSSR count). The predicted octanol–water partition coefficient (Wildman–Crippen LogP) is 3.67. The van der Waals surface area contributed by atoms with Crippen LogP contribution >= 0.6 is 22.6 Å². The zero-order chi connectivity index (χ0) is 19.8. The van der Waals surface area contributed by atoms with Crippen molar-refractivity contribution in [2.75, 3.05) is 4.90 Å². The predicted molar refractivity (Wildman–Crippen MR) is 115 cm³/mol. The Morgan fingerprint density at radius 3 is 2.32 bits per heavy atom. The van der Waals surface area contributed by atoms with Crippen LogP contribution in [0.1, 0.15) is 30.4 Å². The minimum atomic E-state index is -0.735. The topological polar surface area (TPSA) is 57.7 Å². The van der Waals surface area contributed by atoms with Crippen molar-refractivity contribution in [1.82, 2.24) is 4.90 Å². The summed E-state index contributed by atoms with van der Waals surface area (Å²) >= 11 is 2.18. The number of halogens is 1. The standard InChI is InChI=1S/C22H21IN2O3/c1-14-2-4-15(5-3-14)13-24(21(27)16-6-7-16)19-12-20(26)25(22(19)28)18-10-8-17(23)9-11-18/h2-5,8-11,16,19H,6-7,12-13H2,1H3. The lowest BCUT2D eigenvalue weighted by Gasteiger charge is -2.28. The van der Waals surface area contributed by atoms with Gasteiger partial charge in [0.25, 0.3) is 5.91 Å². The highest BCUT2D eigenvalue weighted by Gasteiger charge is 2.46. The highest BCUT2D eigenvalue weighted by Crippen LogP contribution is 2.35. The largest absolute Gasteiger partial charge is 0.326 e. The zero-order valence-corrected chi connectivity index (χ0v) is 17.8. The molecule has 1 heterocycles. The Morgan fingerprint density at radius 1 is 1.07 bits per heavy atom. The molecule has 1 saturated carbocycles. The summed E-state index contributed by atoms with van der Waals surface area (Å²) < 4.78 is 1.03. The van der Waals surface area contributed by atoms with E-state index < -0.39 is 6.04 Å². The molecule has 2 aliphatic rings. The number of carbonyl (C=O) groups is 3. The fourth-order valence-electron chi connectivity index (χ4n) is 3.52. The van der Waals surface area contributed by atoms with Crippen LogP contribution in [0, 0.1) is 16.4 Å². The van der Waals surface area contributed by atoms with Crippen LogP contribution in [0.4, 0.5) is 5.69 Å². The molecule has 1 atom stereocenters. The normalized spacial score (nSPS) is 19.2. The molecule has 1 unspecified atom stereocenters. The number of carbonyl (C=O) groups excluding carboxylic acids is 3. The number of rotatable bonds is 5. The first-order chi connectivity index (χ1) is 13.4. The van der Waals surface area contributed by atoms with Crippen LogP contribution in [0.25, 0.3) is 0 Å². The Balaban J connectivity index is 1.61. The van der Waals surface area contributed by atoms with Crippen molar-refractivity contribution in [2.45, 2.75) is 38.8 Å². The molecule has 2 aromatic rings. The second-order valence-corrected chi connectivity index (χ2v) is 8.74. The maximum atomic E-state index is 13.1. The summed E-state index contributed by atoms with van der Waals surface area (Å²) in [6, 6.07) is 14.5. The molecule has 0 N–H and O–H groups in total. The van der Waals surface area contributed by atoms with Crippen LogP contribution in [0.2, 0.25) is 0 Å². The van der Waals surface area contributed by atoms with E-state index in [0.717, 1.165) is 27.5 Å². The minimum Gasteiger partial charge on any atom is -0.326 e. The first-order valence-corrected chi connectivity index (χ1v) is 10.5. The highest BCUT2D eigenvalue weighted by atomic mass is 127. The third-order valence-corrected chi connectivity index (χ3v) is 5.99. The molecule has 28 heavy (non-hydrogen) atoms. The number of hydrogen-bond acceptors (Lipinski definition) is 3. The summed E-state index contributed by atoms with van der Waals surface area (Å²) in [6.07, 6.45) is 1.76.